The number of thiazole rings is 1. The van der Waals surface area contributed by atoms with E-state index in [1.165, 1.54) is 11.3 Å². The molecule has 0 aliphatic carbocycles. The highest BCUT2D eigenvalue weighted by atomic mass is 32.1. The molecule has 1 N–H and O–H groups in total. The quantitative estimate of drug-likeness (QED) is 0.806. The molecule has 13 heavy (non-hydrogen) atoms. The van der Waals surface area contributed by atoms with Gasteiger partial charge in [0.05, 0.1) is 6.42 Å². The molecule has 0 aliphatic rings. The van der Waals surface area contributed by atoms with Gasteiger partial charge in [-0.2, -0.15) is 0 Å². The summed E-state index contributed by atoms with van der Waals surface area (Å²) < 4.78 is 0. The second-order valence-corrected chi connectivity index (χ2v) is 3.44. The third-order valence-corrected chi connectivity index (χ3v) is 2.35. The Balaban J connectivity index is 2.81. The highest BCUT2D eigenvalue weighted by Crippen LogP contribution is 2.20. The molecule has 0 fully saturated rings. The summed E-state index contributed by atoms with van der Waals surface area (Å²) in [5, 5.41) is 11.3. The van der Waals surface area contributed by atoms with Gasteiger partial charge < -0.3 is 5.11 Å². The number of carboxylic acid groups (broad SMARTS) is 1. The van der Waals surface area contributed by atoms with Crippen molar-refractivity contribution in [3.8, 4) is 0 Å². The Morgan fingerprint density at radius 1 is 1.77 bits per heavy atom. The van der Waals surface area contributed by atoms with E-state index in [0.29, 0.717) is 0 Å². The first kappa shape index (κ1) is 9.92. The Bertz CT molecular complexity index is 303. The van der Waals surface area contributed by atoms with Crippen LogP contribution in [0.2, 0.25) is 0 Å². The summed E-state index contributed by atoms with van der Waals surface area (Å²) in [5.74, 6) is -0.810. The second kappa shape index (κ2) is 4.77. The summed E-state index contributed by atoms with van der Waals surface area (Å²) in [7, 11) is 0. The zero-order chi connectivity index (χ0) is 9.68. The zero-order valence-electron chi connectivity index (χ0n) is 7.36. The molecule has 4 heteroatoms. The number of allylic oxidation sites excluding steroid dienone is 1. The van der Waals surface area contributed by atoms with Crippen LogP contribution < -0.4 is 0 Å². The predicted octanol–water partition coefficient (Wildman–Crippen LogP) is 2.41. The maximum absolute atomic E-state index is 10.5. The summed E-state index contributed by atoms with van der Waals surface area (Å²) in [5.41, 5.74) is 0.810. The average molecular weight is 197 g/mol. The van der Waals surface area contributed by atoms with Crippen LogP contribution in [0.3, 0.4) is 0 Å². The van der Waals surface area contributed by atoms with Crippen molar-refractivity contribution < 1.29 is 9.90 Å². The van der Waals surface area contributed by atoms with E-state index in [9.17, 15) is 4.79 Å². The average Bonchev–Trinajstić information content (AvgIpc) is 2.54. The van der Waals surface area contributed by atoms with Crippen LogP contribution in [-0.2, 0) is 4.79 Å². The number of aromatic nitrogens is 1. The fraction of sp³-hybridized carbons (Fsp3) is 0.333. The highest BCUT2D eigenvalue weighted by molar-refractivity contribution is 7.10. The van der Waals surface area contributed by atoms with Crippen molar-refractivity contribution in [1.82, 2.24) is 4.98 Å². The minimum Gasteiger partial charge on any atom is -0.481 e. The normalized spacial score (nSPS) is 11.6. The Labute approximate surface area is 80.7 Å². The van der Waals surface area contributed by atoms with Crippen molar-refractivity contribution >= 4 is 22.9 Å². The van der Waals surface area contributed by atoms with Crippen LogP contribution in [0.4, 0.5) is 0 Å². The fourth-order valence-corrected chi connectivity index (χ4v) is 1.71. The number of aliphatic carboxylic acids is 1. The zero-order valence-corrected chi connectivity index (χ0v) is 8.17. The maximum Gasteiger partial charge on any atom is 0.307 e. The van der Waals surface area contributed by atoms with Crippen LogP contribution in [0, 0.1) is 0 Å². The van der Waals surface area contributed by atoms with Gasteiger partial charge in [-0.15, -0.1) is 11.3 Å². The van der Waals surface area contributed by atoms with E-state index in [2.05, 4.69) is 4.98 Å². The van der Waals surface area contributed by atoms with Gasteiger partial charge in [-0.25, -0.2) is 4.98 Å². The Hall–Kier alpha value is -1.16. The molecular weight excluding hydrogens is 186 g/mol. The van der Waals surface area contributed by atoms with Gasteiger partial charge in [-0.3, -0.25) is 4.79 Å². The molecule has 1 rings (SSSR count). The molecule has 0 bridgehead atoms. The van der Waals surface area contributed by atoms with Crippen LogP contribution in [0.5, 0.6) is 0 Å². The molecule has 3 nitrogen and oxygen atoms in total. The fourth-order valence-electron chi connectivity index (χ4n) is 1.03. The van der Waals surface area contributed by atoms with Crippen molar-refractivity contribution in [3.63, 3.8) is 0 Å². The summed E-state index contributed by atoms with van der Waals surface area (Å²) >= 11 is 1.47. The lowest BCUT2D eigenvalue weighted by atomic mass is 10.1. The van der Waals surface area contributed by atoms with E-state index in [4.69, 9.17) is 5.11 Å². The van der Waals surface area contributed by atoms with Crippen molar-refractivity contribution in [1.29, 1.82) is 0 Å². The van der Waals surface area contributed by atoms with E-state index in [1.807, 2.05) is 18.4 Å². The number of carbonyl (C=O) groups is 1. The van der Waals surface area contributed by atoms with Gasteiger partial charge >= 0.3 is 5.97 Å². The Morgan fingerprint density at radius 2 is 2.54 bits per heavy atom. The lowest BCUT2D eigenvalue weighted by Crippen LogP contribution is -1.96. The molecule has 0 amide bonds. The number of rotatable bonds is 4. The van der Waals surface area contributed by atoms with E-state index < -0.39 is 5.97 Å². The van der Waals surface area contributed by atoms with Crippen LogP contribution in [0.25, 0.3) is 5.57 Å². The van der Waals surface area contributed by atoms with Gasteiger partial charge in [-0.1, -0.05) is 13.0 Å². The molecule has 1 aromatic rings. The topological polar surface area (TPSA) is 50.2 Å². The first-order valence-corrected chi connectivity index (χ1v) is 4.92. The first-order chi connectivity index (χ1) is 6.24. The van der Waals surface area contributed by atoms with Gasteiger partial charge in [0.1, 0.15) is 5.01 Å². The van der Waals surface area contributed by atoms with Crippen molar-refractivity contribution in [2.75, 3.05) is 0 Å². The van der Waals surface area contributed by atoms with Crippen LogP contribution in [-0.4, -0.2) is 16.1 Å². The molecule has 1 aromatic heterocycles. The Morgan fingerprint density at radius 3 is 3.00 bits per heavy atom. The third kappa shape index (κ3) is 2.99. The van der Waals surface area contributed by atoms with Gasteiger partial charge in [0.15, 0.2) is 0 Å². The van der Waals surface area contributed by atoms with Crippen LogP contribution in [0.15, 0.2) is 17.7 Å². The molecule has 0 spiro atoms. The number of hydrogen-bond donors (Lipinski definition) is 1. The van der Waals surface area contributed by atoms with Gasteiger partial charge in [0.2, 0.25) is 0 Å². The first-order valence-electron chi connectivity index (χ1n) is 4.04. The number of hydrogen-bond acceptors (Lipinski definition) is 3. The lowest BCUT2D eigenvalue weighted by molar-refractivity contribution is -0.135. The van der Waals surface area contributed by atoms with Crippen molar-refractivity contribution in [2.24, 2.45) is 0 Å². The van der Waals surface area contributed by atoms with Gasteiger partial charge in [0, 0.05) is 11.6 Å². The summed E-state index contributed by atoms with van der Waals surface area (Å²) in [6.45, 7) is 1.98. The largest absolute Gasteiger partial charge is 0.481 e. The maximum atomic E-state index is 10.5. The number of nitrogens with zero attached hydrogens (tertiary/aromatic N) is 1. The van der Waals surface area contributed by atoms with E-state index >= 15 is 0 Å². The van der Waals surface area contributed by atoms with Crippen LogP contribution >= 0.6 is 11.3 Å². The third-order valence-electron chi connectivity index (χ3n) is 1.50. The van der Waals surface area contributed by atoms with E-state index in [1.54, 1.807) is 6.20 Å². The summed E-state index contributed by atoms with van der Waals surface area (Å²) in [6.07, 6.45) is 4.49. The van der Waals surface area contributed by atoms with E-state index in [-0.39, 0.29) is 6.42 Å². The van der Waals surface area contributed by atoms with Gasteiger partial charge in [-0.05, 0) is 12.0 Å². The minimum atomic E-state index is -0.810. The monoisotopic (exact) mass is 197 g/mol. The molecule has 0 atom stereocenters. The summed E-state index contributed by atoms with van der Waals surface area (Å²) in [6, 6.07) is 0. The molecule has 0 unspecified atom stereocenters. The molecular formula is C9H11NO2S. The Kier molecular flexibility index (Phi) is 3.64. The molecule has 70 valence electrons. The molecule has 1 heterocycles. The smallest absolute Gasteiger partial charge is 0.307 e. The summed E-state index contributed by atoms with van der Waals surface area (Å²) in [4.78, 5) is 14.6. The predicted molar refractivity (Wildman–Crippen MR) is 52.6 cm³/mol. The molecule has 0 aromatic carbocycles. The van der Waals surface area contributed by atoms with E-state index in [0.717, 1.165) is 17.0 Å². The second-order valence-electron chi connectivity index (χ2n) is 2.55. The highest BCUT2D eigenvalue weighted by Gasteiger charge is 2.07. The van der Waals surface area contributed by atoms with Gasteiger partial charge in [0.25, 0.3) is 0 Å². The molecule has 0 saturated heterocycles. The molecule has 0 aliphatic heterocycles. The van der Waals surface area contributed by atoms with Crippen molar-refractivity contribution in [3.05, 3.63) is 22.7 Å². The number of carboxylic acids is 1. The lowest BCUT2D eigenvalue weighted by Gasteiger charge is -1.98. The molecule has 0 radical (unpaired) electrons. The standard InChI is InChI=1S/C9H11NO2S/c1-2-3-7(6-8(11)12)9-10-4-5-13-9/h3-5H,2,6H2,1H3,(H,11,12). The SMILES string of the molecule is CCC=C(CC(=O)O)c1nccs1. The molecule has 0 saturated carbocycles. The van der Waals surface area contributed by atoms with Crippen molar-refractivity contribution in [2.45, 2.75) is 19.8 Å². The van der Waals surface area contributed by atoms with Crippen LogP contribution in [0.1, 0.15) is 24.8 Å². The minimum absolute atomic E-state index is 0.0569.